The van der Waals surface area contributed by atoms with E-state index < -0.39 is 16.1 Å². The zero-order chi connectivity index (χ0) is 11.3. The van der Waals surface area contributed by atoms with Crippen LogP contribution in [0.4, 0.5) is 0 Å². The summed E-state index contributed by atoms with van der Waals surface area (Å²) in [6.07, 6.45) is 0. The topological polar surface area (TPSA) is 60.4 Å². The molecule has 0 aliphatic rings. The van der Waals surface area contributed by atoms with Gasteiger partial charge in [-0.05, 0) is 12.1 Å². The van der Waals surface area contributed by atoms with Crippen LogP contribution in [0.3, 0.4) is 0 Å². The van der Waals surface area contributed by atoms with E-state index in [0.29, 0.717) is 0 Å². The summed E-state index contributed by atoms with van der Waals surface area (Å²) in [6, 6.07) is 7.94. The van der Waals surface area contributed by atoms with E-state index >= 15 is 0 Å². The molecule has 0 atom stereocenters. The van der Waals surface area contributed by atoms with Crippen LogP contribution in [0.2, 0.25) is 0 Å². The van der Waals surface area contributed by atoms with Gasteiger partial charge in [0.25, 0.3) is 0 Å². The summed E-state index contributed by atoms with van der Waals surface area (Å²) in [5.74, 6) is -1.03. The van der Waals surface area contributed by atoms with Crippen LogP contribution in [0.15, 0.2) is 30.3 Å². The molecule has 1 aromatic rings. The number of hydrogen-bond donors (Lipinski definition) is 1. The van der Waals surface area contributed by atoms with Gasteiger partial charge in [-0.3, -0.25) is 0 Å². The Bertz CT molecular complexity index is 436. The van der Waals surface area contributed by atoms with Crippen LogP contribution in [0, 0.1) is 0 Å². The molecule has 0 aliphatic carbocycles. The molecule has 4 nitrogen and oxygen atoms in total. The minimum absolute atomic E-state index is 0. The SMILES string of the molecule is O=C(OS(=O)(=O)CCS)c1ccccc1.[H-].[Na+]. The number of benzene rings is 1. The molecule has 16 heavy (non-hydrogen) atoms. The van der Waals surface area contributed by atoms with E-state index in [-0.39, 0.29) is 48.1 Å². The maximum absolute atomic E-state index is 11.3. The smallest absolute Gasteiger partial charge is 1.00 e. The van der Waals surface area contributed by atoms with Crippen molar-refractivity contribution in [2.24, 2.45) is 0 Å². The third kappa shape index (κ3) is 5.36. The monoisotopic (exact) mass is 270 g/mol. The first-order chi connectivity index (χ1) is 7.05. The fourth-order valence-corrected chi connectivity index (χ4v) is 2.20. The molecule has 0 amide bonds. The summed E-state index contributed by atoms with van der Waals surface area (Å²) in [6.45, 7) is 0. The number of rotatable bonds is 4. The molecule has 0 radical (unpaired) electrons. The molecule has 0 N–H and O–H groups in total. The first-order valence-electron chi connectivity index (χ1n) is 4.17. The van der Waals surface area contributed by atoms with Crippen LogP contribution in [0.25, 0.3) is 0 Å². The molecule has 0 unspecified atom stereocenters. The van der Waals surface area contributed by atoms with E-state index in [1.807, 2.05) is 0 Å². The Morgan fingerprint density at radius 3 is 2.38 bits per heavy atom. The van der Waals surface area contributed by atoms with E-state index in [9.17, 15) is 13.2 Å². The second-order valence-corrected chi connectivity index (χ2v) is 4.86. The zero-order valence-corrected chi connectivity index (χ0v) is 12.5. The molecule has 0 bridgehead atoms. The number of hydrogen-bond acceptors (Lipinski definition) is 5. The van der Waals surface area contributed by atoms with Crippen molar-refractivity contribution in [3.05, 3.63) is 35.9 Å². The normalized spacial score (nSPS) is 10.3. The molecule has 0 aliphatic heterocycles. The van der Waals surface area contributed by atoms with Crippen LogP contribution in [0.5, 0.6) is 0 Å². The first-order valence-corrected chi connectivity index (χ1v) is 6.38. The van der Waals surface area contributed by atoms with Crippen LogP contribution in [-0.2, 0) is 14.3 Å². The molecule has 0 heterocycles. The van der Waals surface area contributed by atoms with Gasteiger partial charge >= 0.3 is 45.6 Å². The molecular formula is C9H11NaO4S2. The Labute approximate surface area is 124 Å². The predicted octanol–water partition coefficient (Wildman–Crippen LogP) is -1.78. The maximum Gasteiger partial charge on any atom is 1.00 e. The molecule has 0 spiro atoms. The Kier molecular flexibility index (Phi) is 7.34. The molecule has 0 saturated heterocycles. The van der Waals surface area contributed by atoms with Crippen LogP contribution in [0.1, 0.15) is 11.8 Å². The van der Waals surface area contributed by atoms with Crippen molar-refractivity contribution in [1.29, 1.82) is 0 Å². The van der Waals surface area contributed by atoms with Crippen molar-refractivity contribution < 1.29 is 48.4 Å². The van der Waals surface area contributed by atoms with Crippen molar-refractivity contribution in [2.45, 2.75) is 0 Å². The van der Waals surface area contributed by atoms with E-state index in [1.165, 1.54) is 12.1 Å². The molecule has 7 heteroatoms. The molecule has 1 rings (SSSR count). The van der Waals surface area contributed by atoms with E-state index in [1.54, 1.807) is 18.2 Å². The average molecular weight is 270 g/mol. The predicted molar refractivity (Wildman–Crippen MR) is 60.6 cm³/mol. The minimum atomic E-state index is -3.80. The van der Waals surface area contributed by atoms with Gasteiger partial charge < -0.3 is 5.61 Å². The fourth-order valence-electron chi connectivity index (χ4n) is 0.891. The summed E-state index contributed by atoms with van der Waals surface area (Å²) < 4.78 is 26.6. The summed E-state index contributed by atoms with van der Waals surface area (Å²) in [4.78, 5) is 11.3. The van der Waals surface area contributed by atoms with Gasteiger partial charge in [-0.25, -0.2) is 4.79 Å². The van der Waals surface area contributed by atoms with Crippen molar-refractivity contribution in [2.75, 3.05) is 11.5 Å². The second-order valence-electron chi connectivity index (χ2n) is 2.72. The summed E-state index contributed by atoms with van der Waals surface area (Å²) in [7, 11) is -3.80. The van der Waals surface area contributed by atoms with E-state index in [4.69, 9.17) is 0 Å². The Morgan fingerprint density at radius 2 is 1.88 bits per heavy atom. The fraction of sp³-hybridized carbons (Fsp3) is 0.222. The Balaban J connectivity index is 0. The van der Waals surface area contributed by atoms with Crippen molar-refractivity contribution in [3.63, 3.8) is 0 Å². The molecular weight excluding hydrogens is 259 g/mol. The summed E-state index contributed by atoms with van der Waals surface area (Å²) >= 11 is 3.75. The van der Waals surface area contributed by atoms with Crippen molar-refractivity contribution >= 4 is 28.7 Å². The largest absolute Gasteiger partial charge is 1.00 e. The number of carbonyl (C=O) groups excluding carboxylic acids is 1. The van der Waals surface area contributed by atoms with Crippen LogP contribution in [-0.4, -0.2) is 25.9 Å². The van der Waals surface area contributed by atoms with Crippen molar-refractivity contribution in [3.8, 4) is 0 Å². The molecule has 84 valence electrons. The molecule has 0 aromatic heterocycles. The standard InChI is InChI=1S/C9H10O4S2.Na.H/c10-9(8-4-2-1-3-5-8)13-15(11,12)7-6-14;;/h1-5,14H,6-7H2;;/q;+1;-1. The molecule has 1 aromatic carbocycles. The van der Waals surface area contributed by atoms with Gasteiger partial charge in [0.05, 0.1) is 11.3 Å². The van der Waals surface area contributed by atoms with Crippen molar-refractivity contribution in [1.82, 2.24) is 0 Å². The average Bonchev–Trinajstić information content (AvgIpc) is 2.18. The van der Waals surface area contributed by atoms with Crippen LogP contribution < -0.4 is 29.6 Å². The third-order valence-electron chi connectivity index (χ3n) is 1.55. The quantitative estimate of drug-likeness (QED) is 0.399. The van der Waals surface area contributed by atoms with Crippen LogP contribution >= 0.6 is 12.6 Å². The Morgan fingerprint density at radius 1 is 1.31 bits per heavy atom. The summed E-state index contributed by atoms with van der Waals surface area (Å²) in [5.41, 5.74) is 0.209. The van der Waals surface area contributed by atoms with E-state index in [0.717, 1.165) is 0 Å². The van der Waals surface area contributed by atoms with E-state index in [2.05, 4.69) is 16.8 Å². The van der Waals surface area contributed by atoms with Gasteiger partial charge in [0.1, 0.15) is 0 Å². The van der Waals surface area contributed by atoms with Gasteiger partial charge in [0.15, 0.2) is 0 Å². The second kappa shape index (κ2) is 7.34. The molecule has 0 fully saturated rings. The third-order valence-corrected chi connectivity index (χ3v) is 3.19. The minimum Gasteiger partial charge on any atom is -1.00 e. The molecule has 0 saturated carbocycles. The first kappa shape index (κ1) is 16.0. The summed E-state index contributed by atoms with van der Waals surface area (Å²) in [5, 5.41) is 0. The van der Waals surface area contributed by atoms with Gasteiger partial charge in [0.2, 0.25) is 0 Å². The van der Waals surface area contributed by atoms with Gasteiger partial charge in [-0.15, -0.1) is 0 Å². The van der Waals surface area contributed by atoms with Gasteiger partial charge in [0, 0.05) is 5.75 Å². The number of thiol groups is 1. The number of carbonyl (C=O) groups is 1. The van der Waals surface area contributed by atoms with Gasteiger partial charge in [-0.1, -0.05) is 18.2 Å². The zero-order valence-electron chi connectivity index (χ0n) is 9.79. The Hall–Kier alpha value is -0.0100. The van der Waals surface area contributed by atoms with Gasteiger partial charge in [-0.2, -0.15) is 21.0 Å². The maximum atomic E-state index is 11.3.